The maximum Gasteiger partial charge on any atom is 0.254 e. The van der Waals surface area contributed by atoms with Crippen LogP contribution in [0.25, 0.3) is 10.9 Å². The Morgan fingerprint density at radius 3 is 2.50 bits per heavy atom. The monoisotopic (exact) mass is 485 g/mol. The fraction of sp³-hybridized carbons (Fsp3) is 0.241. The number of hydrogen-bond acceptors (Lipinski definition) is 3. The summed E-state index contributed by atoms with van der Waals surface area (Å²) in [6.45, 7) is 0.949. The average molecular weight is 486 g/mol. The van der Waals surface area contributed by atoms with E-state index >= 15 is 0 Å². The average Bonchev–Trinajstić information content (AvgIpc) is 3.23. The van der Waals surface area contributed by atoms with Crippen molar-refractivity contribution in [3.8, 4) is 0 Å². The second-order valence-corrected chi connectivity index (χ2v) is 9.06. The SMILES string of the molecule is COCCN1C(=O)c2ccccc2C(C(=O)NCc2ccc(F)cc2)C1c1cn(C)c2ccccc12. The van der Waals surface area contributed by atoms with Crippen LogP contribution in [0.15, 0.2) is 79.0 Å². The highest BCUT2D eigenvalue weighted by molar-refractivity contribution is 6.02. The summed E-state index contributed by atoms with van der Waals surface area (Å²) in [4.78, 5) is 29.4. The van der Waals surface area contributed by atoms with Crippen molar-refractivity contribution in [1.29, 1.82) is 0 Å². The zero-order valence-corrected chi connectivity index (χ0v) is 20.3. The van der Waals surface area contributed by atoms with Crippen LogP contribution in [-0.4, -0.2) is 41.5 Å². The summed E-state index contributed by atoms with van der Waals surface area (Å²) in [5.74, 6) is -1.28. The molecule has 3 aromatic carbocycles. The van der Waals surface area contributed by atoms with Gasteiger partial charge >= 0.3 is 0 Å². The number of halogens is 1. The standard InChI is InChI=1S/C29H28FN3O3/c1-32-18-24(21-7-5-6-10-25(21)32)27-26(28(34)31-17-19-11-13-20(30)14-12-19)22-8-3-4-9-23(22)29(35)33(27)15-16-36-2/h3-14,18,26-27H,15-17H2,1-2H3,(H,31,34). The maximum atomic E-state index is 13.9. The van der Waals surface area contributed by atoms with Gasteiger partial charge in [0.15, 0.2) is 0 Å². The van der Waals surface area contributed by atoms with Crippen molar-refractivity contribution in [1.82, 2.24) is 14.8 Å². The molecule has 2 unspecified atom stereocenters. The van der Waals surface area contributed by atoms with Gasteiger partial charge in [-0.1, -0.05) is 48.5 Å². The molecule has 0 aliphatic carbocycles. The van der Waals surface area contributed by atoms with Gasteiger partial charge in [0.05, 0.1) is 18.6 Å². The normalized spacial score (nSPS) is 17.3. The number of methoxy groups -OCH3 is 1. The number of aromatic nitrogens is 1. The molecule has 7 heteroatoms. The lowest BCUT2D eigenvalue weighted by Gasteiger charge is -2.41. The number of hydrogen-bond donors (Lipinski definition) is 1. The van der Waals surface area contributed by atoms with E-state index in [1.165, 1.54) is 12.1 Å². The maximum absolute atomic E-state index is 13.9. The zero-order valence-electron chi connectivity index (χ0n) is 20.3. The predicted octanol–water partition coefficient (Wildman–Crippen LogP) is 4.56. The number of aryl methyl sites for hydroxylation is 1. The summed E-state index contributed by atoms with van der Waals surface area (Å²) in [6.07, 6.45) is 2.01. The summed E-state index contributed by atoms with van der Waals surface area (Å²) < 4.78 is 20.7. The molecule has 6 nitrogen and oxygen atoms in total. The van der Waals surface area contributed by atoms with E-state index < -0.39 is 12.0 Å². The molecule has 4 aromatic rings. The van der Waals surface area contributed by atoms with Crippen LogP contribution in [-0.2, 0) is 23.1 Å². The molecule has 0 radical (unpaired) electrons. The minimum atomic E-state index is -0.637. The van der Waals surface area contributed by atoms with Gasteiger partial charge in [0.25, 0.3) is 5.91 Å². The minimum Gasteiger partial charge on any atom is -0.383 e. The number of amides is 2. The van der Waals surface area contributed by atoms with E-state index in [1.807, 2.05) is 60.3 Å². The third kappa shape index (κ3) is 4.27. The third-order valence-electron chi connectivity index (χ3n) is 6.88. The molecule has 0 bridgehead atoms. The van der Waals surface area contributed by atoms with Crippen LogP contribution in [0.2, 0.25) is 0 Å². The Balaban J connectivity index is 1.62. The molecule has 0 saturated heterocycles. The van der Waals surface area contributed by atoms with Gasteiger partial charge in [-0.2, -0.15) is 0 Å². The van der Waals surface area contributed by atoms with E-state index in [4.69, 9.17) is 4.74 Å². The first kappa shape index (κ1) is 23.8. The molecule has 0 spiro atoms. The van der Waals surface area contributed by atoms with Gasteiger partial charge < -0.3 is 19.5 Å². The van der Waals surface area contributed by atoms with Crippen LogP contribution in [0, 0.1) is 5.82 Å². The van der Waals surface area contributed by atoms with Gasteiger partial charge in [0.2, 0.25) is 5.91 Å². The van der Waals surface area contributed by atoms with Crippen LogP contribution in [0.3, 0.4) is 0 Å². The van der Waals surface area contributed by atoms with Crippen molar-refractivity contribution >= 4 is 22.7 Å². The number of nitrogens with zero attached hydrogens (tertiary/aromatic N) is 2. The Morgan fingerprint density at radius 1 is 1.00 bits per heavy atom. The van der Waals surface area contributed by atoms with Crippen LogP contribution in [0.1, 0.15) is 39.0 Å². The Morgan fingerprint density at radius 2 is 1.72 bits per heavy atom. The molecule has 184 valence electrons. The number of carbonyl (C=O) groups is 2. The molecule has 1 N–H and O–H groups in total. The van der Waals surface area contributed by atoms with Crippen molar-refractivity contribution in [2.24, 2.45) is 7.05 Å². The van der Waals surface area contributed by atoms with Crippen LogP contribution in [0.4, 0.5) is 4.39 Å². The molecule has 0 saturated carbocycles. The lowest BCUT2D eigenvalue weighted by Crippen LogP contribution is -2.48. The van der Waals surface area contributed by atoms with Crippen LogP contribution in [0.5, 0.6) is 0 Å². The molecule has 1 aliphatic heterocycles. The van der Waals surface area contributed by atoms with Crippen molar-refractivity contribution in [2.45, 2.75) is 18.5 Å². The van der Waals surface area contributed by atoms with Crippen molar-refractivity contribution in [3.63, 3.8) is 0 Å². The number of fused-ring (bicyclic) bond motifs is 2. The van der Waals surface area contributed by atoms with Gasteiger partial charge in [0.1, 0.15) is 5.82 Å². The van der Waals surface area contributed by atoms with Crippen LogP contribution >= 0.6 is 0 Å². The van der Waals surface area contributed by atoms with Crippen LogP contribution < -0.4 is 5.32 Å². The smallest absolute Gasteiger partial charge is 0.254 e. The highest BCUT2D eigenvalue weighted by Gasteiger charge is 2.44. The van der Waals surface area contributed by atoms with Gasteiger partial charge in [-0.15, -0.1) is 0 Å². The summed E-state index contributed by atoms with van der Waals surface area (Å²) in [7, 11) is 3.57. The lowest BCUT2D eigenvalue weighted by molar-refractivity contribution is -0.124. The van der Waals surface area contributed by atoms with E-state index in [-0.39, 0.29) is 24.2 Å². The summed E-state index contributed by atoms with van der Waals surface area (Å²) in [5.41, 5.74) is 3.95. The second kappa shape index (κ2) is 9.95. The van der Waals surface area contributed by atoms with E-state index in [1.54, 1.807) is 30.2 Å². The van der Waals surface area contributed by atoms with Gasteiger partial charge in [-0.3, -0.25) is 9.59 Å². The molecular formula is C29H28FN3O3. The number of ether oxygens (including phenoxy) is 1. The van der Waals surface area contributed by atoms with Crippen molar-refractivity contribution in [3.05, 3.63) is 107 Å². The molecule has 36 heavy (non-hydrogen) atoms. The molecule has 2 heterocycles. The van der Waals surface area contributed by atoms with Gasteiger partial charge in [-0.25, -0.2) is 4.39 Å². The Kier molecular flexibility index (Phi) is 6.57. The second-order valence-electron chi connectivity index (χ2n) is 9.06. The Labute approximate surface area is 209 Å². The fourth-order valence-corrected chi connectivity index (χ4v) is 5.17. The molecular weight excluding hydrogens is 457 g/mol. The molecule has 1 aromatic heterocycles. The van der Waals surface area contributed by atoms with E-state index in [9.17, 15) is 14.0 Å². The number of benzene rings is 3. The topological polar surface area (TPSA) is 63.6 Å². The number of rotatable bonds is 7. The van der Waals surface area contributed by atoms with E-state index in [0.717, 1.165) is 22.0 Å². The minimum absolute atomic E-state index is 0.122. The number of para-hydroxylation sites is 1. The number of carbonyl (C=O) groups excluding carboxylic acids is 2. The van der Waals surface area contributed by atoms with Crippen molar-refractivity contribution < 1.29 is 18.7 Å². The molecule has 2 amide bonds. The summed E-state index contributed by atoms with van der Waals surface area (Å²) >= 11 is 0. The zero-order chi connectivity index (χ0) is 25.2. The summed E-state index contributed by atoms with van der Waals surface area (Å²) in [6, 6.07) is 20.8. The first-order valence-electron chi connectivity index (χ1n) is 11.9. The van der Waals surface area contributed by atoms with E-state index in [0.29, 0.717) is 24.3 Å². The van der Waals surface area contributed by atoms with Crippen molar-refractivity contribution in [2.75, 3.05) is 20.3 Å². The Bertz CT molecular complexity index is 1410. The summed E-state index contributed by atoms with van der Waals surface area (Å²) in [5, 5.41) is 4.03. The molecule has 1 aliphatic rings. The largest absolute Gasteiger partial charge is 0.383 e. The molecule has 2 atom stereocenters. The third-order valence-corrected chi connectivity index (χ3v) is 6.88. The predicted molar refractivity (Wildman–Crippen MR) is 136 cm³/mol. The van der Waals surface area contributed by atoms with Gasteiger partial charge in [0, 0.05) is 55.5 Å². The number of nitrogens with one attached hydrogen (secondary N) is 1. The first-order valence-corrected chi connectivity index (χ1v) is 11.9. The molecule has 0 fully saturated rings. The van der Waals surface area contributed by atoms with Gasteiger partial charge in [-0.05, 0) is 35.4 Å². The fourth-order valence-electron chi connectivity index (χ4n) is 5.17. The molecule has 5 rings (SSSR count). The quantitative estimate of drug-likeness (QED) is 0.417. The highest BCUT2D eigenvalue weighted by atomic mass is 19.1. The first-order chi connectivity index (χ1) is 17.5. The highest BCUT2D eigenvalue weighted by Crippen LogP contribution is 2.45. The lowest BCUT2D eigenvalue weighted by atomic mass is 9.79. The Hall–Kier alpha value is -3.97. The van der Waals surface area contributed by atoms with E-state index in [2.05, 4.69) is 5.32 Å².